The van der Waals surface area contributed by atoms with Gasteiger partial charge in [0, 0.05) is 0 Å². The zero-order valence-electron chi connectivity index (χ0n) is 10.3. The molecule has 9 heteroatoms. The van der Waals surface area contributed by atoms with Gasteiger partial charge in [-0.05, 0) is 0 Å². The predicted octanol–water partition coefficient (Wildman–Crippen LogP) is -6.40. The third-order valence-electron chi connectivity index (χ3n) is 2.31. The van der Waals surface area contributed by atoms with E-state index in [0.29, 0.717) is 26.4 Å². The standard InChI is InChI=1S/2C5H8N2O.2ClH.Pt/c2*6-5-7-1-3-8-4-2-7;;;/h2*1-4H2;2*1H;/q;;;;+2/p-2. The van der Waals surface area contributed by atoms with Crippen molar-refractivity contribution in [2.24, 2.45) is 0 Å². The topological polar surface area (TPSA) is 72.5 Å². The number of rotatable bonds is 0. The smallest absolute Gasteiger partial charge is 1.00 e. The van der Waals surface area contributed by atoms with E-state index in [1.54, 1.807) is 9.80 Å². The SMILES string of the molecule is N#CN1CCOCC1.N#CN1CCOCC1.[Cl-].[Cl-].[Pt+2]. The Morgan fingerprint density at radius 2 is 0.947 bits per heavy atom. The van der Waals surface area contributed by atoms with Crippen LogP contribution in [0.4, 0.5) is 0 Å². The average Bonchev–Trinajstić information content (AvgIpc) is 2.41. The van der Waals surface area contributed by atoms with Gasteiger partial charge < -0.3 is 44.1 Å². The molecule has 0 spiro atoms. The molecular formula is C10H16Cl2N4O2Pt. The van der Waals surface area contributed by atoms with E-state index in [0.717, 1.165) is 26.2 Å². The minimum absolute atomic E-state index is 0. The summed E-state index contributed by atoms with van der Waals surface area (Å²) in [5, 5.41) is 16.6. The summed E-state index contributed by atoms with van der Waals surface area (Å²) in [5.41, 5.74) is 0. The van der Waals surface area contributed by atoms with Gasteiger partial charge in [-0.3, -0.25) is 0 Å². The van der Waals surface area contributed by atoms with Gasteiger partial charge in [0.2, 0.25) is 0 Å². The molecule has 112 valence electrons. The van der Waals surface area contributed by atoms with E-state index in [2.05, 4.69) is 12.4 Å². The largest absolute Gasteiger partial charge is 2.00 e. The van der Waals surface area contributed by atoms with E-state index >= 15 is 0 Å². The summed E-state index contributed by atoms with van der Waals surface area (Å²) in [6.45, 7) is 5.85. The molecule has 0 unspecified atom stereocenters. The van der Waals surface area contributed by atoms with Crippen molar-refractivity contribution in [1.29, 1.82) is 10.5 Å². The fourth-order valence-corrected chi connectivity index (χ4v) is 1.33. The minimum atomic E-state index is 0. The van der Waals surface area contributed by atoms with Gasteiger partial charge >= 0.3 is 21.1 Å². The number of halogens is 2. The summed E-state index contributed by atoms with van der Waals surface area (Å²) < 4.78 is 10.0. The van der Waals surface area contributed by atoms with Crippen molar-refractivity contribution in [3.8, 4) is 12.4 Å². The van der Waals surface area contributed by atoms with Gasteiger partial charge in [0.05, 0.1) is 52.6 Å². The Morgan fingerprint density at radius 1 is 0.684 bits per heavy atom. The molecule has 0 bridgehead atoms. The van der Waals surface area contributed by atoms with Gasteiger partial charge in [-0.1, -0.05) is 0 Å². The van der Waals surface area contributed by atoms with Gasteiger partial charge in [0.1, 0.15) is 0 Å². The second-order valence-corrected chi connectivity index (χ2v) is 3.40. The number of morpholine rings is 2. The van der Waals surface area contributed by atoms with Crippen molar-refractivity contribution in [3.05, 3.63) is 0 Å². The van der Waals surface area contributed by atoms with Crippen LogP contribution >= 0.6 is 0 Å². The van der Waals surface area contributed by atoms with Gasteiger partial charge in [-0.15, -0.1) is 0 Å². The number of hydrogen-bond acceptors (Lipinski definition) is 6. The molecule has 6 nitrogen and oxygen atoms in total. The molecule has 2 rings (SSSR count). The zero-order valence-corrected chi connectivity index (χ0v) is 14.1. The van der Waals surface area contributed by atoms with Crippen molar-refractivity contribution in [1.82, 2.24) is 9.80 Å². The molecule has 2 fully saturated rings. The second-order valence-electron chi connectivity index (χ2n) is 3.40. The zero-order chi connectivity index (χ0) is 11.6. The van der Waals surface area contributed by atoms with Gasteiger partial charge in [-0.25, -0.2) is 0 Å². The maximum Gasteiger partial charge on any atom is 2.00 e. The van der Waals surface area contributed by atoms with Crippen molar-refractivity contribution in [2.45, 2.75) is 0 Å². The van der Waals surface area contributed by atoms with E-state index in [4.69, 9.17) is 20.0 Å². The van der Waals surface area contributed by atoms with Crippen LogP contribution in [-0.4, -0.2) is 62.4 Å². The maximum absolute atomic E-state index is 8.31. The first-order valence-corrected chi connectivity index (χ1v) is 5.31. The van der Waals surface area contributed by atoms with Crippen LogP contribution in [0, 0.1) is 22.9 Å². The molecule has 0 aromatic rings. The molecule has 0 aromatic carbocycles. The maximum atomic E-state index is 8.31. The third-order valence-corrected chi connectivity index (χ3v) is 2.31. The predicted molar refractivity (Wildman–Crippen MR) is 56.0 cm³/mol. The normalized spacial score (nSPS) is 16.9. The summed E-state index contributed by atoms with van der Waals surface area (Å²) in [6.07, 6.45) is 4.11. The first kappa shape index (κ1) is 23.8. The Hall–Kier alpha value is -0.232. The minimum Gasteiger partial charge on any atom is -1.00 e. The Bertz CT molecular complexity index is 246. The van der Waals surface area contributed by atoms with E-state index < -0.39 is 0 Å². The molecule has 0 N–H and O–H groups in total. The molecule has 2 aliphatic rings. The number of nitrogens with zero attached hydrogens (tertiary/aromatic N) is 4. The molecule has 2 aliphatic heterocycles. The second kappa shape index (κ2) is 15.8. The van der Waals surface area contributed by atoms with Crippen LogP contribution in [0.2, 0.25) is 0 Å². The molecule has 2 saturated heterocycles. The quantitative estimate of drug-likeness (QED) is 0.315. The van der Waals surface area contributed by atoms with Crippen molar-refractivity contribution in [2.75, 3.05) is 52.6 Å². The van der Waals surface area contributed by atoms with Gasteiger partial charge in [-0.2, -0.15) is 10.5 Å². The van der Waals surface area contributed by atoms with Crippen LogP contribution in [0.1, 0.15) is 0 Å². The molecule has 19 heavy (non-hydrogen) atoms. The average molecular weight is 490 g/mol. The Labute approximate surface area is 140 Å². The summed E-state index contributed by atoms with van der Waals surface area (Å²) in [5.74, 6) is 0. The van der Waals surface area contributed by atoms with Gasteiger partial charge in [0.25, 0.3) is 0 Å². The van der Waals surface area contributed by atoms with E-state index in [-0.39, 0.29) is 45.9 Å². The van der Waals surface area contributed by atoms with Crippen LogP contribution in [0.25, 0.3) is 0 Å². The van der Waals surface area contributed by atoms with Gasteiger partial charge in [0.15, 0.2) is 12.4 Å². The Balaban J connectivity index is -0.000000233. The first-order chi connectivity index (χ1) is 7.86. The monoisotopic (exact) mass is 489 g/mol. The first-order valence-electron chi connectivity index (χ1n) is 5.31. The van der Waals surface area contributed by atoms with Crippen LogP contribution in [-0.2, 0) is 30.5 Å². The third kappa shape index (κ3) is 11.3. The Kier molecular flexibility index (Phi) is 19.8. The van der Waals surface area contributed by atoms with Crippen LogP contribution in [0.5, 0.6) is 0 Å². The van der Waals surface area contributed by atoms with Crippen molar-refractivity contribution >= 4 is 0 Å². The summed E-state index contributed by atoms with van der Waals surface area (Å²) >= 11 is 0. The number of hydrogen-bond donors (Lipinski definition) is 0. The number of ether oxygens (including phenoxy) is 2. The molecule has 0 atom stereocenters. The summed E-state index contributed by atoms with van der Waals surface area (Å²) in [7, 11) is 0. The fraction of sp³-hybridized carbons (Fsp3) is 0.800. The van der Waals surface area contributed by atoms with Crippen LogP contribution in [0.15, 0.2) is 0 Å². The Morgan fingerprint density at radius 3 is 1.11 bits per heavy atom. The number of nitriles is 2. The molecule has 0 amide bonds. The molecule has 0 aromatic heterocycles. The van der Waals surface area contributed by atoms with E-state index in [1.807, 2.05) is 0 Å². The molecule has 0 aliphatic carbocycles. The van der Waals surface area contributed by atoms with E-state index in [1.165, 1.54) is 0 Å². The summed E-state index contributed by atoms with van der Waals surface area (Å²) in [4.78, 5) is 3.40. The molecule has 2 heterocycles. The van der Waals surface area contributed by atoms with Crippen molar-refractivity contribution < 1.29 is 55.4 Å². The molecule has 0 radical (unpaired) electrons. The van der Waals surface area contributed by atoms with E-state index in [9.17, 15) is 0 Å². The molecule has 0 saturated carbocycles. The summed E-state index contributed by atoms with van der Waals surface area (Å²) in [6, 6.07) is 0. The molecular weight excluding hydrogens is 474 g/mol. The fourth-order valence-electron chi connectivity index (χ4n) is 1.33. The van der Waals surface area contributed by atoms with Crippen molar-refractivity contribution in [3.63, 3.8) is 0 Å². The van der Waals surface area contributed by atoms with Crippen LogP contribution in [0.3, 0.4) is 0 Å². The van der Waals surface area contributed by atoms with Crippen LogP contribution < -0.4 is 24.8 Å².